The summed E-state index contributed by atoms with van der Waals surface area (Å²) in [4.78, 5) is 20.0. The van der Waals surface area contributed by atoms with E-state index in [1.54, 1.807) is 0 Å². The lowest BCUT2D eigenvalue weighted by Crippen LogP contribution is -2.41. The van der Waals surface area contributed by atoms with Gasteiger partial charge in [-0.1, -0.05) is 41.9 Å². The molecule has 0 radical (unpaired) electrons. The number of pyridine rings is 1. The van der Waals surface area contributed by atoms with Gasteiger partial charge in [-0.25, -0.2) is 4.98 Å². The van der Waals surface area contributed by atoms with Gasteiger partial charge in [0.2, 0.25) is 0 Å². The van der Waals surface area contributed by atoms with Gasteiger partial charge in [0.05, 0.1) is 30.0 Å². The average Bonchev–Trinajstić information content (AvgIpc) is 2.68. The molecule has 1 amide bonds. The number of rotatable bonds is 2. The number of aromatic nitrogens is 1. The monoisotopic (exact) mass is 366 g/mol. The summed E-state index contributed by atoms with van der Waals surface area (Å²) in [5.74, 6) is 0.0349. The fourth-order valence-corrected chi connectivity index (χ4v) is 3.61. The first-order valence-corrected chi connectivity index (χ1v) is 9.05. The topological polar surface area (TPSA) is 42.4 Å². The minimum atomic E-state index is 0.0349. The maximum Gasteiger partial charge on any atom is 0.255 e. The van der Waals surface area contributed by atoms with Crippen LogP contribution in [0.1, 0.15) is 15.9 Å². The van der Waals surface area contributed by atoms with Crippen molar-refractivity contribution < 1.29 is 9.53 Å². The number of para-hydroxylation sites is 1. The smallest absolute Gasteiger partial charge is 0.255 e. The molecule has 2 heterocycles. The highest BCUT2D eigenvalue weighted by Gasteiger charge is 2.24. The summed E-state index contributed by atoms with van der Waals surface area (Å²) < 4.78 is 5.39. The molecular formula is C21H19ClN2O2. The lowest BCUT2D eigenvalue weighted by Gasteiger charge is -2.28. The van der Waals surface area contributed by atoms with Crippen LogP contribution in [0.4, 0.5) is 0 Å². The SMILES string of the molecule is Cc1c(-c2cccc(Cl)c2)nc2ccccc2c1C(=O)N1CCOCC1. The van der Waals surface area contributed by atoms with Gasteiger partial charge < -0.3 is 9.64 Å². The minimum Gasteiger partial charge on any atom is -0.378 e. The molecule has 1 saturated heterocycles. The van der Waals surface area contributed by atoms with Crippen molar-refractivity contribution in [2.75, 3.05) is 26.3 Å². The highest BCUT2D eigenvalue weighted by Crippen LogP contribution is 2.31. The van der Waals surface area contributed by atoms with Crippen LogP contribution in [0.5, 0.6) is 0 Å². The highest BCUT2D eigenvalue weighted by atomic mass is 35.5. The van der Waals surface area contributed by atoms with E-state index >= 15 is 0 Å². The number of hydrogen-bond acceptors (Lipinski definition) is 3. The van der Waals surface area contributed by atoms with Gasteiger partial charge in [-0.2, -0.15) is 0 Å². The molecule has 1 aromatic heterocycles. The third-order valence-corrected chi connectivity index (χ3v) is 4.98. The van der Waals surface area contributed by atoms with Gasteiger partial charge in [0.25, 0.3) is 5.91 Å². The zero-order valence-electron chi connectivity index (χ0n) is 14.5. The second-order valence-corrected chi connectivity index (χ2v) is 6.83. The van der Waals surface area contributed by atoms with E-state index in [0.717, 1.165) is 27.7 Å². The average molecular weight is 367 g/mol. The molecule has 0 atom stereocenters. The molecule has 0 saturated carbocycles. The van der Waals surface area contributed by atoms with E-state index in [0.29, 0.717) is 36.9 Å². The second-order valence-electron chi connectivity index (χ2n) is 6.39. The Morgan fingerprint density at radius 1 is 1.12 bits per heavy atom. The van der Waals surface area contributed by atoms with Crippen molar-refractivity contribution in [3.05, 3.63) is 64.7 Å². The van der Waals surface area contributed by atoms with Gasteiger partial charge >= 0.3 is 0 Å². The van der Waals surface area contributed by atoms with Crippen LogP contribution in [0.25, 0.3) is 22.2 Å². The molecule has 4 rings (SSSR count). The molecule has 5 heteroatoms. The van der Waals surface area contributed by atoms with E-state index < -0.39 is 0 Å². The number of benzene rings is 2. The second kappa shape index (κ2) is 7.06. The molecule has 3 aromatic rings. The van der Waals surface area contributed by atoms with E-state index in [9.17, 15) is 4.79 Å². The number of nitrogens with zero attached hydrogens (tertiary/aromatic N) is 2. The Morgan fingerprint density at radius 2 is 1.88 bits per heavy atom. The Kier molecular flexibility index (Phi) is 4.62. The van der Waals surface area contributed by atoms with Crippen molar-refractivity contribution in [2.45, 2.75) is 6.92 Å². The number of hydrogen-bond donors (Lipinski definition) is 0. The molecule has 0 N–H and O–H groups in total. The quantitative estimate of drug-likeness (QED) is 0.677. The molecule has 1 aliphatic heterocycles. The van der Waals surface area contributed by atoms with Gasteiger partial charge in [0, 0.05) is 29.1 Å². The Hall–Kier alpha value is -2.43. The van der Waals surface area contributed by atoms with Crippen molar-refractivity contribution in [1.82, 2.24) is 9.88 Å². The number of carbonyl (C=O) groups excluding carboxylic acids is 1. The van der Waals surface area contributed by atoms with Crippen LogP contribution in [-0.2, 0) is 4.74 Å². The zero-order valence-corrected chi connectivity index (χ0v) is 15.3. The number of carbonyl (C=O) groups is 1. The summed E-state index contributed by atoms with van der Waals surface area (Å²) in [6, 6.07) is 15.4. The van der Waals surface area contributed by atoms with Crippen LogP contribution in [-0.4, -0.2) is 42.1 Å². The third-order valence-electron chi connectivity index (χ3n) is 4.75. The van der Waals surface area contributed by atoms with E-state index in [-0.39, 0.29) is 5.91 Å². The standard InChI is InChI=1S/C21H19ClN2O2/c1-14-19(21(25)24-9-11-26-12-10-24)17-7-2-3-8-18(17)23-20(14)15-5-4-6-16(22)13-15/h2-8,13H,9-12H2,1H3. The molecule has 1 aliphatic rings. The van der Waals surface area contributed by atoms with E-state index in [4.69, 9.17) is 21.3 Å². The predicted molar refractivity (Wildman–Crippen MR) is 104 cm³/mol. The number of fused-ring (bicyclic) bond motifs is 1. The molecule has 0 spiro atoms. The summed E-state index contributed by atoms with van der Waals surface area (Å²) in [5, 5.41) is 1.53. The molecule has 0 unspecified atom stereocenters. The van der Waals surface area contributed by atoms with E-state index in [2.05, 4.69) is 0 Å². The summed E-state index contributed by atoms with van der Waals surface area (Å²) in [6.45, 7) is 4.34. The summed E-state index contributed by atoms with van der Waals surface area (Å²) in [5.41, 5.74) is 4.11. The summed E-state index contributed by atoms with van der Waals surface area (Å²) in [6.07, 6.45) is 0. The lowest BCUT2D eigenvalue weighted by atomic mass is 9.96. The first kappa shape index (κ1) is 17.0. The van der Waals surface area contributed by atoms with Crippen LogP contribution in [0.2, 0.25) is 5.02 Å². The maximum atomic E-state index is 13.3. The maximum absolute atomic E-state index is 13.3. The lowest BCUT2D eigenvalue weighted by molar-refractivity contribution is 0.0303. The van der Waals surface area contributed by atoms with Crippen LogP contribution < -0.4 is 0 Å². The van der Waals surface area contributed by atoms with Crippen LogP contribution in [0.15, 0.2) is 48.5 Å². The Labute approximate surface area is 157 Å². The van der Waals surface area contributed by atoms with E-state index in [1.807, 2.05) is 60.4 Å². The van der Waals surface area contributed by atoms with E-state index in [1.165, 1.54) is 0 Å². The summed E-state index contributed by atoms with van der Waals surface area (Å²) in [7, 11) is 0. The van der Waals surface area contributed by atoms with Gasteiger partial charge in [0.1, 0.15) is 0 Å². The van der Waals surface area contributed by atoms with Crippen molar-refractivity contribution >= 4 is 28.4 Å². The third kappa shape index (κ3) is 3.06. The number of morpholine rings is 1. The Morgan fingerprint density at radius 3 is 2.65 bits per heavy atom. The van der Waals surface area contributed by atoms with Crippen molar-refractivity contribution in [3.8, 4) is 11.3 Å². The molecule has 4 nitrogen and oxygen atoms in total. The fraction of sp³-hybridized carbons (Fsp3) is 0.238. The predicted octanol–water partition coefficient (Wildman–Crippen LogP) is 4.34. The molecule has 2 aromatic carbocycles. The largest absolute Gasteiger partial charge is 0.378 e. The molecular weight excluding hydrogens is 348 g/mol. The van der Waals surface area contributed by atoms with Gasteiger partial charge in [-0.05, 0) is 30.7 Å². The summed E-state index contributed by atoms with van der Waals surface area (Å²) >= 11 is 6.17. The van der Waals surface area contributed by atoms with Gasteiger partial charge in [0.15, 0.2) is 0 Å². The number of halogens is 1. The molecule has 0 bridgehead atoms. The first-order chi connectivity index (χ1) is 12.6. The van der Waals surface area contributed by atoms with Crippen LogP contribution >= 0.6 is 11.6 Å². The zero-order chi connectivity index (χ0) is 18.1. The first-order valence-electron chi connectivity index (χ1n) is 8.67. The highest BCUT2D eigenvalue weighted by molar-refractivity contribution is 6.30. The van der Waals surface area contributed by atoms with Gasteiger partial charge in [-0.3, -0.25) is 4.79 Å². The molecule has 132 valence electrons. The van der Waals surface area contributed by atoms with Crippen LogP contribution in [0, 0.1) is 6.92 Å². The van der Waals surface area contributed by atoms with Gasteiger partial charge in [-0.15, -0.1) is 0 Å². The normalized spacial score (nSPS) is 14.6. The van der Waals surface area contributed by atoms with Crippen LogP contribution in [0.3, 0.4) is 0 Å². The van der Waals surface area contributed by atoms with Crippen molar-refractivity contribution in [3.63, 3.8) is 0 Å². The fourth-order valence-electron chi connectivity index (χ4n) is 3.42. The van der Waals surface area contributed by atoms with Crippen molar-refractivity contribution in [1.29, 1.82) is 0 Å². The number of ether oxygens (including phenoxy) is 1. The minimum absolute atomic E-state index is 0.0349. The molecule has 1 fully saturated rings. The molecule has 26 heavy (non-hydrogen) atoms. The Balaban J connectivity index is 1.92. The Bertz CT molecular complexity index is 981. The number of amides is 1. The molecule has 0 aliphatic carbocycles. The van der Waals surface area contributed by atoms with Crippen molar-refractivity contribution in [2.24, 2.45) is 0 Å².